The highest BCUT2D eigenvalue weighted by molar-refractivity contribution is 5.87. The van der Waals surface area contributed by atoms with Gasteiger partial charge in [-0.3, -0.25) is 4.79 Å². The molecule has 0 atom stereocenters. The lowest BCUT2D eigenvalue weighted by atomic mass is 9.72. The van der Waals surface area contributed by atoms with Gasteiger partial charge in [0.15, 0.2) is 0 Å². The lowest BCUT2D eigenvalue weighted by Gasteiger charge is -2.42. The third kappa shape index (κ3) is 3.00. The molecule has 1 N–H and O–H groups in total. The molecular weight excluding hydrogens is 298 g/mol. The summed E-state index contributed by atoms with van der Waals surface area (Å²) in [5.41, 5.74) is 0.778. The Bertz CT molecular complexity index is 649. The zero-order valence-corrected chi connectivity index (χ0v) is 13.8. The number of piperidine rings is 1. The van der Waals surface area contributed by atoms with E-state index in [4.69, 9.17) is 0 Å². The Balaban J connectivity index is 1.93. The highest BCUT2D eigenvalue weighted by Gasteiger charge is 2.41. The molecule has 1 aliphatic heterocycles. The molecule has 2 aromatic carbocycles. The Morgan fingerprint density at radius 2 is 1.46 bits per heavy atom. The quantitative estimate of drug-likeness (QED) is 0.877. The first-order valence-corrected chi connectivity index (χ1v) is 8.41. The van der Waals surface area contributed by atoms with Gasteiger partial charge in [0.1, 0.15) is 5.60 Å². The number of aliphatic hydroxyl groups is 1. The summed E-state index contributed by atoms with van der Waals surface area (Å²) in [5.74, 6) is 0.0348. The van der Waals surface area contributed by atoms with E-state index in [2.05, 4.69) is 6.58 Å². The number of amides is 1. The van der Waals surface area contributed by atoms with Crippen molar-refractivity contribution in [3.63, 3.8) is 0 Å². The van der Waals surface area contributed by atoms with Crippen LogP contribution < -0.4 is 0 Å². The Morgan fingerprint density at radius 1 is 1.00 bits per heavy atom. The molecule has 1 amide bonds. The first-order chi connectivity index (χ1) is 11.7. The second kappa shape index (κ2) is 7.02. The molecule has 0 saturated carbocycles. The maximum Gasteiger partial charge on any atom is 0.245 e. The van der Waals surface area contributed by atoms with Gasteiger partial charge in [-0.25, -0.2) is 0 Å². The van der Waals surface area contributed by atoms with Crippen molar-refractivity contribution in [3.8, 4) is 0 Å². The molecule has 24 heavy (non-hydrogen) atoms. The number of likely N-dealkylation sites (tertiary alicyclic amines) is 1. The molecule has 3 nitrogen and oxygen atoms in total. The first kappa shape index (κ1) is 16.5. The van der Waals surface area contributed by atoms with Crippen molar-refractivity contribution >= 4 is 5.91 Å². The maximum atomic E-state index is 11.8. The van der Waals surface area contributed by atoms with Crippen LogP contribution in [-0.2, 0) is 10.4 Å². The summed E-state index contributed by atoms with van der Waals surface area (Å²) >= 11 is 0. The molecule has 0 aliphatic carbocycles. The van der Waals surface area contributed by atoms with Crippen LogP contribution >= 0.6 is 0 Å². The fourth-order valence-corrected chi connectivity index (χ4v) is 3.67. The van der Waals surface area contributed by atoms with Crippen molar-refractivity contribution in [2.45, 2.75) is 18.4 Å². The monoisotopic (exact) mass is 321 g/mol. The number of carbonyl (C=O) groups is 1. The van der Waals surface area contributed by atoms with Crippen LogP contribution in [0.5, 0.6) is 0 Å². The van der Waals surface area contributed by atoms with Crippen LogP contribution in [0.2, 0.25) is 0 Å². The van der Waals surface area contributed by atoms with Gasteiger partial charge in [-0.05, 0) is 36.0 Å². The van der Waals surface area contributed by atoms with Gasteiger partial charge in [0.2, 0.25) is 5.91 Å². The topological polar surface area (TPSA) is 40.5 Å². The third-order valence-electron chi connectivity index (χ3n) is 5.00. The number of benzene rings is 2. The van der Waals surface area contributed by atoms with Crippen molar-refractivity contribution < 1.29 is 9.90 Å². The molecule has 0 aromatic heterocycles. The molecule has 3 rings (SSSR count). The van der Waals surface area contributed by atoms with Crippen LogP contribution in [0.1, 0.15) is 24.0 Å². The van der Waals surface area contributed by atoms with E-state index in [1.54, 1.807) is 4.90 Å². The van der Waals surface area contributed by atoms with Crippen LogP contribution in [0.25, 0.3) is 0 Å². The van der Waals surface area contributed by atoms with E-state index in [1.165, 1.54) is 6.08 Å². The van der Waals surface area contributed by atoms with E-state index in [0.29, 0.717) is 13.1 Å². The van der Waals surface area contributed by atoms with E-state index < -0.39 is 5.60 Å². The Labute approximate surface area is 143 Å². The Kier molecular flexibility index (Phi) is 4.81. The number of nitrogens with zero attached hydrogens (tertiary/aromatic N) is 1. The van der Waals surface area contributed by atoms with Gasteiger partial charge < -0.3 is 10.0 Å². The zero-order chi connectivity index (χ0) is 17.0. The van der Waals surface area contributed by atoms with E-state index in [0.717, 1.165) is 24.0 Å². The minimum atomic E-state index is -1.04. The summed E-state index contributed by atoms with van der Waals surface area (Å²) in [6.45, 7) is 4.86. The van der Waals surface area contributed by atoms with E-state index >= 15 is 0 Å². The van der Waals surface area contributed by atoms with Gasteiger partial charge >= 0.3 is 0 Å². The molecule has 1 aliphatic rings. The minimum absolute atomic E-state index is 0.0311. The predicted molar refractivity (Wildman–Crippen MR) is 95.4 cm³/mol. The minimum Gasteiger partial charge on any atom is -0.380 e. The Hall–Kier alpha value is -2.39. The molecule has 1 heterocycles. The highest BCUT2D eigenvalue weighted by atomic mass is 16.3. The molecular formula is C21H23NO2. The van der Waals surface area contributed by atoms with Crippen molar-refractivity contribution in [1.82, 2.24) is 4.90 Å². The fraction of sp³-hybridized carbons (Fsp3) is 0.286. The SMILES string of the molecule is C=CC(=O)N1CCC(C(O)(c2ccccc2)c2ccccc2)CC1. The van der Waals surface area contributed by atoms with Crippen LogP contribution in [0.3, 0.4) is 0 Å². The van der Waals surface area contributed by atoms with Gasteiger partial charge in [0.25, 0.3) is 0 Å². The van der Waals surface area contributed by atoms with Crippen LogP contribution in [0.4, 0.5) is 0 Å². The van der Waals surface area contributed by atoms with E-state index in [-0.39, 0.29) is 11.8 Å². The largest absolute Gasteiger partial charge is 0.380 e. The van der Waals surface area contributed by atoms with E-state index in [1.807, 2.05) is 60.7 Å². The van der Waals surface area contributed by atoms with Crippen LogP contribution in [-0.4, -0.2) is 29.0 Å². The Morgan fingerprint density at radius 3 is 1.88 bits per heavy atom. The van der Waals surface area contributed by atoms with Gasteiger partial charge in [0, 0.05) is 13.1 Å². The fourth-order valence-electron chi connectivity index (χ4n) is 3.67. The maximum absolute atomic E-state index is 11.8. The third-order valence-corrected chi connectivity index (χ3v) is 5.00. The second-order valence-electron chi connectivity index (χ2n) is 6.30. The molecule has 2 aromatic rings. The van der Waals surface area contributed by atoms with Gasteiger partial charge in [0.05, 0.1) is 0 Å². The highest BCUT2D eigenvalue weighted by Crippen LogP contribution is 2.41. The van der Waals surface area contributed by atoms with E-state index in [9.17, 15) is 9.90 Å². The molecule has 3 heteroatoms. The molecule has 0 unspecified atom stereocenters. The van der Waals surface area contributed by atoms with Crippen LogP contribution in [0, 0.1) is 5.92 Å². The summed E-state index contributed by atoms with van der Waals surface area (Å²) in [6.07, 6.45) is 2.89. The average molecular weight is 321 g/mol. The van der Waals surface area contributed by atoms with Gasteiger partial charge in [-0.1, -0.05) is 67.2 Å². The molecule has 0 spiro atoms. The molecule has 1 fully saturated rings. The summed E-state index contributed by atoms with van der Waals surface area (Å²) in [7, 11) is 0. The zero-order valence-electron chi connectivity index (χ0n) is 13.8. The average Bonchev–Trinajstić information content (AvgIpc) is 2.68. The summed E-state index contributed by atoms with van der Waals surface area (Å²) in [6, 6.07) is 19.7. The standard InChI is InChI=1S/C21H23NO2/c1-2-20(23)22-15-13-19(14-16-22)21(24,17-9-5-3-6-10-17)18-11-7-4-8-12-18/h2-12,19,24H,1,13-16H2. The normalized spacial score (nSPS) is 16.0. The van der Waals surface area contributed by atoms with Crippen molar-refractivity contribution in [2.24, 2.45) is 5.92 Å². The lowest BCUT2D eigenvalue weighted by molar-refractivity contribution is -0.128. The smallest absolute Gasteiger partial charge is 0.245 e. The van der Waals surface area contributed by atoms with Gasteiger partial charge in [-0.2, -0.15) is 0 Å². The second-order valence-corrected chi connectivity index (χ2v) is 6.30. The number of rotatable bonds is 4. The molecule has 1 saturated heterocycles. The summed E-state index contributed by atoms with van der Waals surface area (Å²) < 4.78 is 0. The van der Waals surface area contributed by atoms with Crippen LogP contribution in [0.15, 0.2) is 73.3 Å². The van der Waals surface area contributed by atoms with Crippen molar-refractivity contribution in [3.05, 3.63) is 84.4 Å². The number of hydrogen-bond acceptors (Lipinski definition) is 2. The summed E-state index contributed by atoms with van der Waals surface area (Å²) in [4.78, 5) is 13.6. The van der Waals surface area contributed by atoms with Crippen molar-refractivity contribution in [1.29, 1.82) is 0 Å². The first-order valence-electron chi connectivity index (χ1n) is 8.41. The number of hydrogen-bond donors (Lipinski definition) is 1. The predicted octanol–water partition coefficient (Wildman–Crippen LogP) is 3.35. The number of carbonyl (C=O) groups excluding carboxylic acids is 1. The molecule has 0 bridgehead atoms. The van der Waals surface area contributed by atoms with Gasteiger partial charge in [-0.15, -0.1) is 0 Å². The van der Waals surface area contributed by atoms with Crippen molar-refractivity contribution in [2.75, 3.05) is 13.1 Å². The molecule has 0 radical (unpaired) electrons. The molecule has 124 valence electrons. The lowest BCUT2D eigenvalue weighted by Crippen LogP contribution is -2.45. The summed E-state index contributed by atoms with van der Waals surface area (Å²) in [5, 5.41) is 11.7.